The van der Waals surface area contributed by atoms with Crippen molar-refractivity contribution in [3.8, 4) is 0 Å². The molecule has 0 heterocycles. The minimum atomic E-state index is -0.715. The molecule has 0 amide bonds. The first-order valence-electron chi connectivity index (χ1n) is 7.63. The SMILES string of the molecule is CC(CN(CCCN(C)C)CCc1ccccc1)C(=O)O. The molecule has 1 N–H and O–H groups in total. The lowest BCUT2D eigenvalue weighted by molar-refractivity contribution is -0.141. The fraction of sp³-hybridized carbons (Fsp3) is 0.588. The van der Waals surface area contributed by atoms with E-state index in [0.717, 1.165) is 32.5 Å². The standard InChI is InChI=1S/C17H28N2O2/c1-15(17(20)21)14-19(12-7-11-18(2)3)13-10-16-8-5-4-6-9-16/h4-6,8-9,15H,7,10-14H2,1-3H3,(H,20,21). The summed E-state index contributed by atoms with van der Waals surface area (Å²) >= 11 is 0. The largest absolute Gasteiger partial charge is 0.481 e. The third-order valence-electron chi connectivity index (χ3n) is 3.59. The van der Waals surface area contributed by atoms with Gasteiger partial charge in [0.25, 0.3) is 0 Å². The molecule has 118 valence electrons. The molecular weight excluding hydrogens is 264 g/mol. The van der Waals surface area contributed by atoms with Crippen molar-refractivity contribution >= 4 is 5.97 Å². The Kier molecular flexibility index (Phi) is 8.01. The quantitative estimate of drug-likeness (QED) is 0.718. The molecule has 1 aromatic carbocycles. The summed E-state index contributed by atoms with van der Waals surface area (Å²) in [6.07, 6.45) is 2.03. The fourth-order valence-electron chi connectivity index (χ4n) is 2.30. The first-order chi connectivity index (χ1) is 9.99. The van der Waals surface area contributed by atoms with Crippen molar-refractivity contribution < 1.29 is 9.90 Å². The summed E-state index contributed by atoms with van der Waals surface area (Å²) in [6, 6.07) is 10.4. The predicted molar refractivity (Wildman–Crippen MR) is 86.6 cm³/mol. The molecule has 0 aliphatic rings. The lowest BCUT2D eigenvalue weighted by Gasteiger charge is -2.25. The van der Waals surface area contributed by atoms with E-state index in [9.17, 15) is 4.79 Å². The van der Waals surface area contributed by atoms with E-state index < -0.39 is 5.97 Å². The van der Waals surface area contributed by atoms with Gasteiger partial charge in [0.15, 0.2) is 0 Å². The van der Waals surface area contributed by atoms with Gasteiger partial charge in [-0.25, -0.2) is 0 Å². The molecule has 0 aliphatic carbocycles. The van der Waals surface area contributed by atoms with Crippen LogP contribution in [-0.4, -0.2) is 61.2 Å². The maximum atomic E-state index is 11.1. The van der Waals surface area contributed by atoms with Gasteiger partial charge in [0.2, 0.25) is 0 Å². The normalized spacial score (nSPS) is 12.8. The zero-order chi connectivity index (χ0) is 15.7. The van der Waals surface area contributed by atoms with Crippen LogP contribution in [0, 0.1) is 5.92 Å². The average Bonchev–Trinajstić information content (AvgIpc) is 2.45. The Balaban J connectivity index is 2.48. The summed E-state index contributed by atoms with van der Waals surface area (Å²) in [5.74, 6) is -1.03. The molecule has 0 aromatic heterocycles. The molecule has 0 radical (unpaired) electrons. The number of rotatable bonds is 10. The Morgan fingerprint density at radius 2 is 1.81 bits per heavy atom. The van der Waals surface area contributed by atoms with Gasteiger partial charge in [0.1, 0.15) is 0 Å². The maximum Gasteiger partial charge on any atom is 0.307 e. The Hall–Kier alpha value is -1.39. The van der Waals surface area contributed by atoms with Gasteiger partial charge in [0.05, 0.1) is 5.92 Å². The summed E-state index contributed by atoms with van der Waals surface area (Å²) in [5.41, 5.74) is 1.30. The highest BCUT2D eigenvalue weighted by Crippen LogP contribution is 2.06. The van der Waals surface area contributed by atoms with E-state index in [1.54, 1.807) is 6.92 Å². The van der Waals surface area contributed by atoms with Crippen LogP contribution in [0.1, 0.15) is 18.9 Å². The van der Waals surface area contributed by atoms with Crippen LogP contribution in [-0.2, 0) is 11.2 Å². The number of carboxylic acids is 1. The molecule has 0 saturated carbocycles. The number of carboxylic acid groups (broad SMARTS) is 1. The molecule has 1 unspecified atom stereocenters. The Bertz CT molecular complexity index is 407. The first kappa shape index (κ1) is 17.7. The molecule has 1 atom stereocenters. The zero-order valence-electron chi connectivity index (χ0n) is 13.5. The van der Waals surface area contributed by atoms with E-state index in [1.807, 2.05) is 18.2 Å². The highest BCUT2D eigenvalue weighted by Gasteiger charge is 2.15. The van der Waals surface area contributed by atoms with E-state index in [0.29, 0.717) is 6.54 Å². The zero-order valence-corrected chi connectivity index (χ0v) is 13.5. The fourth-order valence-corrected chi connectivity index (χ4v) is 2.30. The van der Waals surface area contributed by atoms with Crippen LogP contribution in [0.5, 0.6) is 0 Å². The molecule has 4 nitrogen and oxygen atoms in total. The van der Waals surface area contributed by atoms with Crippen molar-refractivity contribution in [1.29, 1.82) is 0 Å². The lowest BCUT2D eigenvalue weighted by atomic mass is 10.1. The highest BCUT2D eigenvalue weighted by molar-refractivity contribution is 5.69. The van der Waals surface area contributed by atoms with Crippen molar-refractivity contribution in [3.05, 3.63) is 35.9 Å². The summed E-state index contributed by atoms with van der Waals surface area (Å²) in [5, 5.41) is 9.09. The Morgan fingerprint density at radius 3 is 2.38 bits per heavy atom. The van der Waals surface area contributed by atoms with Gasteiger partial charge >= 0.3 is 5.97 Å². The van der Waals surface area contributed by atoms with Crippen molar-refractivity contribution in [3.63, 3.8) is 0 Å². The van der Waals surface area contributed by atoms with Gasteiger partial charge in [-0.3, -0.25) is 4.79 Å². The molecule has 0 bridgehead atoms. The van der Waals surface area contributed by atoms with Crippen LogP contribution in [0.25, 0.3) is 0 Å². The number of aliphatic carboxylic acids is 1. The summed E-state index contributed by atoms with van der Waals surface area (Å²) < 4.78 is 0. The third-order valence-corrected chi connectivity index (χ3v) is 3.59. The van der Waals surface area contributed by atoms with Crippen LogP contribution in [0.4, 0.5) is 0 Å². The Labute approximate surface area is 128 Å². The van der Waals surface area contributed by atoms with Gasteiger partial charge in [-0.15, -0.1) is 0 Å². The number of carbonyl (C=O) groups is 1. The van der Waals surface area contributed by atoms with Crippen LogP contribution < -0.4 is 0 Å². The monoisotopic (exact) mass is 292 g/mol. The van der Waals surface area contributed by atoms with Crippen molar-refractivity contribution in [2.45, 2.75) is 19.8 Å². The lowest BCUT2D eigenvalue weighted by Crippen LogP contribution is -2.35. The number of benzene rings is 1. The Morgan fingerprint density at radius 1 is 1.14 bits per heavy atom. The topological polar surface area (TPSA) is 43.8 Å². The highest BCUT2D eigenvalue weighted by atomic mass is 16.4. The number of hydrogen-bond donors (Lipinski definition) is 1. The molecular formula is C17H28N2O2. The summed E-state index contributed by atoms with van der Waals surface area (Å²) in [7, 11) is 4.13. The second-order valence-electron chi connectivity index (χ2n) is 5.93. The number of hydrogen-bond acceptors (Lipinski definition) is 3. The van der Waals surface area contributed by atoms with Crippen LogP contribution in [0.15, 0.2) is 30.3 Å². The molecule has 21 heavy (non-hydrogen) atoms. The second kappa shape index (κ2) is 9.53. The van der Waals surface area contributed by atoms with Gasteiger partial charge in [-0.05, 0) is 45.6 Å². The maximum absolute atomic E-state index is 11.1. The molecule has 0 fully saturated rings. The van der Waals surface area contributed by atoms with Gasteiger partial charge in [0, 0.05) is 13.1 Å². The second-order valence-corrected chi connectivity index (χ2v) is 5.93. The van der Waals surface area contributed by atoms with Crippen LogP contribution in [0.3, 0.4) is 0 Å². The van der Waals surface area contributed by atoms with E-state index in [4.69, 9.17) is 5.11 Å². The van der Waals surface area contributed by atoms with Crippen LogP contribution >= 0.6 is 0 Å². The van der Waals surface area contributed by atoms with Crippen molar-refractivity contribution in [2.75, 3.05) is 40.3 Å². The van der Waals surface area contributed by atoms with Gasteiger partial charge in [-0.1, -0.05) is 37.3 Å². The third kappa shape index (κ3) is 7.83. The summed E-state index contributed by atoms with van der Waals surface area (Å²) in [4.78, 5) is 15.5. The van der Waals surface area contributed by atoms with Gasteiger partial charge in [-0.2, -0.15) is 0 Å². The first-order valence-corrected chi connectivity index (χ1v) is 7.63. The molecule has 4 heteroatoms. The van der Waals surface area contributed by atoms with Crippen molar-refractivity contribution in [1.82, 2.24) is 9.80 Å². The minimum absolute atomic E-state index is 0.319. The average molecular weight is 292 g/mol. The summed E-state index contributed by atoms with van der Waals surface area (Å²) in [6.45, 7) is 5.29. The van der Waals surface area contributed by atoms with E-state index in [2.05, 4.69) is 36.0 Å². The predicted octanol–water partition coefficient (Wildman–Crippen LogP) is 2.20. The van der Waals surface area contributed by atoms with Crippen LogP contribution in [0.2, 0.25) is 0 Å². The minimum Gasteiger partial charge on any atom is -0.481 e. The molecule has 0 aliphatic heterocycles. The van der Waals surface area contributed by atoms with E-state index in [1.165, 1.54) is 5.56 Å². The molecule has 1 rings (SSSR count). The van der Waals surface area contributed by atoms with Gasteiger partial charge < -0.3 is 14.9 Å². The van der Waals surface area contributed by atoms with Crippen molar-refractivity contribution in [2.24, 2.45) is 5.92 Å². The molecule has 0 saturated heterocycles. The molecule has 1 aromatic rings. The molecule has 0 spiro atoms. The smallest absolute Gasteiger partial charge is 0.307 e. The van der Waals surface area contributed by atoms with E-state index >= 15 is 0 Å². The number of nitrogens with zero attached hydrogens (tertiary/aromatic N) is 2. The van der Waals surface area contributed by atoms with E-state index in [-0.39, 0.29) is 5.92 Å².